The monoisotopic (exact) mass is 241 g/mol. The zero-order chi connectivity index (χ0) is 13.1. The van der Waals surface area contributed by atoms with Crippen LogP contribution in [-0.4, -0.2) is 40.1 Å². The minimum absolute atomic E-state index is 0.133. The third-order valence-electron chi connectivity index (χ3n) is 2.52. The molecule has 0 aliphatic rings. The van der Waals surface area contributed by atoms with Crippen LogP contribution in [0.25, 0.3) is 0 Å². The van der Waals surface area contributed by atoms with Crippen molar-refractivity contribution in [3.05, 3.63) is 17.5 Å². The van der Waals surface area contributed by atoms with E-state index in [9.17, 15) is 9.90 Å². The van der Waals surface area contributed by atoms with E-state index in [4.69, 9.17) is 0 Å². The summed E-state index contributed by atoms with van der Waals surface area (Å²) in [6.45, 7) is 4.01. The number of hydrogen-bond acceptors (Lipinski definition) is 5. The summed E-state index contributed by atoms with van der Waals surface area (Å²) < 4.78 is 6.23. The molecule has 0 amide bonds. The van der Waals surface area contributed by atoms with E-state index in [0.717, 1.165) is 11.3 Å². The van der Waals surface area contributed by atoms with Gasteiger partial charge in [-0.3, -0.25) is 4.68 Å². The number of carbonyl (C=O) groups excluding carboxylic acids is 1. The first kappa shape index (κ1) is 13.7. The topological polar surface area (TPSA) is 76.4 Å². The molecule has 2 N–H and O–H groups in total. The third kappa shape index (κ3) is 3.54. The molecule has 6 heteroatoms. The van der Waals surface area contributed by atoms with Gasteiger partial charge in [0.1, 0.15) is 0 Å². The van der Waals surface area contributed by atoms with Crippen molar-refractivity contribution in [2.45, 2.75) is 26.0 Å². The Morgan fingerprint density at radius 2 is 2.35 bits per heavy atom. The molecule has 1 aromatic heterocycles. The van der Waals surface area contributed by atoms with Gasteiger partial charge in [-0.05, 0) is 13.8 Å². The first-order chi connectivity index (χ1) is 7.86. The lowest BCUT2D eigenvalue weighted by atomic mass is 10.1. The Kier molecular flexibility index (Phi) is 4.25. The maximum Gasteiger partial charge on any atom is 0.338 e. The molecule has 0 saturated heterocycles. The van der Waals surface area contributed by atoms with Crippen LogP contribution in [0.2, 0.25) is 0 Å². The molecule has 0 radical (unpaired) electrons. The van der Waals surface area contributed by atoms with Gasteiger partial charge in [0.25, 0.3) is 0 Å². The van der Waals surface area contributed by atoms with Gasteiger partial charge in [-0.25, -0.2) is 4.79 Å². The van der Waals surface area contributed by atoms with E-state index in [0.29, 0.717) is 6.54 Å². The van der Waals surface area contributed by atoms with E-state index in [2.05, 4.69) is 15.2 Å². The van der Waals surface area contributed by atoms with E-state index in [-0.39, 0.29) is 6.54 Å². The van der Waals surface area contributed by atoms with Crippen molar-refractivity contribution in [1.29, 1.82) is 0 Å². The summed E-state index contributed by atoms with van der Waals surface area (Å²) in [5.41, 5.74) is 0.455. The first-order valence-corrected chi connectivity index (χ1v) is 5.37. The number of methoxy groups -OCH3 is 1. The van der Waals surface area contributed by atoms with Crippen LogP contribution in [0.5, 0.6) is 0 Å². The molecule has 96 valence electrons. The van der Waals surface area contributed by atoms with Crippen LogP contribution in [0.1, 0.15) is 18.2 Å². The van der Waals surface area contributed by atoms with E-state index in [1.165, 1.54) is 14.0 Å². The van der Waals surface area contributed by atoms with E-state index in [1.54, 1.807) is 4.68 Å². The van der Waals surface area contributed by atoms with Crippen LogP contribution >= 0.6 is 0 Å². The summed E-state index contributed by atoms with van der Waals surface area (Å²) in [5.74, 6) is -0.645. The number of nitrogens with zero attached hydrogens (tertiary/aromatic N) is 2. The first-order valence-electron chi connectivity index (χ1n) is 5.37. The summed E-state index contributed by atoms with van der Waals surface area (Å²) in [6, 6.07) is 0. The molecule has 0 aliphatic carbocycles. The number of rotatable bonds is 5. The Morgan fingerprint density at radius 1 is 1.71 bits per heavy atom. The number of esters is 1. The van der Waals surface area contributed by atoms with Crippen LogP contribution in [-0.2, 0) is 23.1 Å². The van der Waals surface area contributed by atoms with E-state index in [1.807, 2.05) is 20.2 Å². The highest BCUT2D eigenvalue weighted by Crippen LogP contribution is 2.07. The average molecular weight is 241 g/mol. The molecule has 1 aromatic rings. The second-order valence-corrected chi connectivity index (χ2v) is 4.28. The predicted octanol–water partition coefficient (Wildman–Crippen LogP) is -0.258. The van der Waals surface area contributed by atoms with Gasteiger partial charge in [0.05, 0.1) is 12.8 Å². The van der Waals surface area contributed by atoms with Crippen molar-refractivity contribution in [1.82, 2.24) is 15.1 Å². The number of ether oxygens (including phenoxy) is 1. The number of aromatic nitrogens is 2. The summed E-state index contributed by atoms with van der Waals surface area (Å²) in [6.07, 6.45) is 1.90. The van der Waals surface area contributed by atoms with Gasteiger partial charge in [-0.1, -0.05) is 0 Å². The molecule has 0 spiro atoms. The Bertz CT molecular complexity index is 399. The zero-order valence-electron chi connectivity index (χ0n) is 10.6. The Balaban J connectivity index is 2.48. The van der Waals surface area contributed by atoms with Crippen LogP contribution in [0.3, 0.4) is 0 Å². The van der Waals surface area contributed by atoms with E-state index < -0.39 is 11.6 Å². The second kappa shape index (κ2) is 5.29. The molecule has 0 aromatic carbocycles. The van der Waals surface area contributed by atoms with Crippen molar-refractivity contribution in [2.24, 2.45) is 7.05 Å². The largest absolute Gasteiger partial charge is 0.467 e. The Morgan fingerprint density at radius 3 is 2.82 bits per heavy atom. The number of aliphatic hydroxyl groups is 1. The van der Waals surface area contributed by atoms with Gasteiger partial charge in [0.2, 0.25) is 0 Å². The second-order valence-electron chi connectivity index (χ2n) is 4.28. The van der Waals surface area contributed by atoms with Gasteiger partial charge in [-0.15, -0.1) is 0 Å². The lowest BCUT2D eigenvalue weighted by molar-refractivity contribution is -0.159. The predicted molar refractivity (Wildman–Crippen MR) is 62.3 cm³/mol. The van der Waals surface area contributed by atoms with Crippen molar-refractivity contribution in [3.63, 3.8) is 0 Å². The van der Waals surface area contributed by atoms with Gasteiger partial charge >= 0.3 is 5.97 Å². The molecule has 1 atom stereocenters. The zero-order valence-corrected chi connectivity index (χ0v) is 10.6. The van der Waals surface area contributed by atoms with Gasteiger partial charge in [-0.2, -0.15) is 5.10 Å². The molecule has 0 aliphatic heterocycles. The highest BCUT2D eigenvalue weighted by atomic mass is 16.5. The molecular formula is C11H19N3O3. The van der Waals surface area contributed by atoms with Gasteiger partial charge < -0.3 is 15.2 Å². The summed E-state index contributed by atoms with van der Waals surface area (Å²) in [5, 5.41) is 17.0. The van der Waals surface area contributed by atoms with Crippen LogP contribution in [0.15, 0.2) is 6.20 Å². The quantitative estimate of drug-likeness (QED) is 0.695. The number of carbonyl (C=O) groups is 1. The summed E-state index contributed by atoms with van der Waals surface area (Å²) in [7, 11) is 3.10. The summed E-state index contributed by atoms with van der Waals surface area (Å²) in [4.78, 5) is 11.2. The molecule has 17 heavy (non-hydrogen) atoms. The Labute approximate surface area is 101 Å². The fraction of sp³-hybridized carbons (Fsp3) is 0.636. The number of aryl methyl sites for hydroxylation is 2. The molecule has 0 saturated carbocycles. The van der Waals surface area contributed by atoms with Crippen molar-refractivity contribution in [2.75, 3.05) is 13.7 Å². The molecule has 1 heterocycles. The van der Waals surface area contributed by atoms with Crippen LogP contribution < -0.4 is 5.32 Å². The third-order valence-corrected chi connectivity index (χ3v) is 2.52. The fourth-order valence-electron chi connectivity index (χ4n) is 1.55. The van der Waals surface area contributed by atoms with Gasteiger partial charge in [0.15, 0.2) is 5.60 Å². The minimum Gasteiger partial charge on any atom is -0.467 e. The molecule has 1 unspecified atom stereocenters. The lowest BCUT2D eigenvalue weighted by Gasteiger charge is -2.20. The lowest BCUT2D eigenvalue weighted by Crippen LogP contribution is -2.45. The van der Waals surface area contributed by atoms with Gasteiger partial charge in [0, 0.05) is 31.9 Å². The molecule has 0 fully saturated rings. The van der Waals surface area contributed by atoms with Crippen molar-refractivity contribution < 1.29 is 14.6 Å². The minimum atomic E-state index is -1.51. The molecular weight excluding hydrogens is 222 g/mol. The highest BCUT2D eigenvalue weighted by molar-refractivity contribution is 5.78. The maximum absolute atomic E-state index is 11.2. The molecule has 1 rings (SSSR count). The number of hydrogen-bond donors (Lipinski definition) is 2. The Hall–Kier alpha value is -1.40. The van der Waals surface area contributed by atoms with Crippen LogP contribution in [0.4, 0.5) is 0 Å². The van der Waals surface area contributed by atoms with Crippen LogP contribution in [0, 0.1) is 6.92 Å². The highest BCUT2D eigenvalue weighted by Gasteiger charge is 2.30. The molecule has 0 bridgehead atoms. The van der Waals surface area contributed by atoms with Crippen molar-refractivity contribution >= 4 is 5.97 Å². The fourth-order valence-corrected chi connectivity index (χ4v) is 1.55. The number of nitrogens with one attached hydrogen (secondary N) is 1. The maximum atomic E-state index is 11.2. The average Bonchev–Trinajstić information content (AvgIpc) is 2.56. The SMILES string of the molecule is COC(=O)C(C)(O)CNCc1cn(C)nc1C. The normalized spacial score (nSPS) is 14.4. The summed E-state index contributed by atoms with van der Waals surface area (Å²) >= 11 is 0. The smallest absolute Gasteiger partial charge is 0.338 e. The molecule has 6 nitrogen and oxygen atoms in total. The van der Waals surface area contributed by atoms with Crippen molar-refractivity contribution in [3.8, 4) is 0 Å². The van der Waals surface area contributed by atoms with E-state index >= 15 is 0 Å². The standard InChI is InChI=1S/C11H19N3O3/c1-8-9(6-14(3)13-8)5-12-7-11(2,16)10(15)17-4/h6,12,16H,5,7H2,1-4H3.